The van der Waals surface area contributed by atoms with Crippen LogP contribution in [0.1, 0.15) is 13.3 Å². The molecule has 0 bridgehead atoms. The Bertz CT molecular complexity index is 459. The second kappa shape index (κ2) is 4.61. The van der Waals surface area contributed by atoms with Crippen molar-refractivity contribution in [2.24, 2.45) is 17.3 Å². The van der Waals surface area contributed by atoms with Gasteiger partial charge in [0.2, 0.25) is 0 Å². The molecule has 10 heteroatoms. The molecule has 0 amide bonds. The molecule has 0 aromatic rings. The van der Waals surface area contributed by atoms with E-state index in [2.05, 4.69) is 0 Å². The first-order chi connectivity index (χ1) is 8.49. The third-order valence-corrected chi connectivity index (χ3v) is 7.60. The van der Waals surface area contributed by atoms with Gasteiger partial charge in [-0.1, -0.05) is 6.92 Å². The largest absolute Gasteiger partial charge is 0.390 e. The topological polar surface area (TPSA) is 145 Å². The lowest BCUT2D eigenvalue weighted by molar-refractivity contribution is -0.0282. The first-order valence-corrected chi connectivity index (χ1v) is 9.42. The summed E-state index contributed by atoms with van der Waals surface area (Å²) in [4.78, 5) is 26.7. The molecular weight excluding hydrogens is 298 g/mol. The number of aliphatic hydroxyl groups excluding tert-OH is 2. The van der Waals surface area contributed by atoms with Crippen LogP contribution in [0.3, 0.4) is 0 Å². The highest BCUT2D eigenvalue weighted by Crippen LogP contribution is 2.67. The average Bonchev–Trinajstić information content (AvgIpc) is 2.92. The molecule has 0 aliphatic heterocycles. The second-order valence-electron chi connectivity index (χ2n) is 5.56. The Balaban J connectivity index is 1.98. The minimum Gasteiger partial charge on any atom is -0.390 e. The van der Waals surface area contributed by atoms with Gasteiger partial charge in [-0.25, -0.2) is 0 Å². The van der Waals surface area contributed by atoms with Crippen molar-refractivity contribution in [1.29, 1.82) is 0 Å². The Labute approximate surface area is 110 Å². The summed E-state index contributed by atoms with van der Waals surface area (Å²) < 4.78 is 27.0. The van der Waals surface area contributed by atoms with E-state index in [1.54, 1.807) is 6.92 Å². The van der Waals surface area contributed by atoms with Crippen molar-refractivity contribution in [1.82, 2.24) is 0 Å². The lowest BCUT2D eigenvalue weighted by Gasteiger charge is -2.23. The molecule has 0 aromatic heterocycles. The summed E-state index contributed by atoms with van der Waals surface area (Å²) in [6.07, 6.45) is -1.37. The van der Waals surface area contributed by atoms with Crippen LogP contribution in [0, 0.1) is 17.3 Å². The van der Waals surface area contributed by atoms with E-state index in [0.29, 0.717) is 6.42 Å². The number of fused-ring (bicyclic) bond motifs is 1. The van der Waals surface area contributed by atoms with E-state index < -0.39 is 38.7 Å². The van der Waals surface area contributed by atoms with Gasteiger partial charge in [0.05, 0.1) is 18.8 Å². The highest BCUT2D eigenvalue weighted by Gasteiger charge is 2.69. The Hall–Kier alpha value is 0.220. The van der Waals surface area contributed by atoms with Gasteiger partial charge < -0.3 is 29.4 Å². The number of aliphatic hydroxyl groups is 2. The van der Waals surface area contributed by atoms with Gasteiger partial charge in [0.1, 0.15) is 0 Å². The predicted molar refractivity (Wildman–Crippen MR) is 64.4 cm³/mol. The van der Waals surface area contributed by atoms with Gasteiger partial charge in [0.15, 0.2) is 5.90 Å². The lowest BCUT2D eigenvalue weighted by Crippen LogP contribution is -2.34. The van der Waals surface area contributed by atoms with E-state index in [0.717, 1.165) is 0 Å². The molecule has 2 aliphatic rings. The van der Waals surface area contributed by atoms with Crippen LogP contribution in [0.5, 0.6) is 0 Å². The third-order valence-electron chi connectivity index (χ3n) is 4.16. The maximum absolute atomic E-state index is 11.5. The SMILES string of the molecule is C[C@H]1C(O)C(O)[C@]2(COP(=O)(O)CP(=O)(O)O)C[C@H]12. The van der Waals surface area contributed by atoms with Crippen molar-refractivity contribution in [2.75, 3.05) is 12.5 Å². The third kappa shape index (κ3) is 2.96. The van der Waals surface area contributed by atoms with Gasteiger partial charge in [-0.3, -0.25) is 9.13 Å². The molecule has 112 valence electrons. The number of hydrogen-bond acceptors (Lipinski definition) is 5. The van der Waals surface area contributed by atoms with Crippen LogP contribution in [0.4, 0.5) is 0 Å². The maximum Gasteiger partial charge on any atom is 0.340 e. The molecule has 2 saturated carbocycles. The van der Waals surface area contributed by atoms with Crippen LogP contribution in [0.25, 0.3) is 0 Å². The molecule has 2 rings (SSSR count). The summed E-state index contributed by atoms with van der Waals surface area (Å²) in [6, 6.07) is 0. The van der Waals surface area contributed by atoms with Crippen LogP contribution >= 0.6 is 15.2 Å². The Morgan fingerprint density at radius 3 is 2.26 bits per heavy atom. The zero-order chi connectivity index (χ0) is 14.6. The van der Waals surface area contributed by atoms with Crippen molar-refractivity contribution in [3.63, 3.8) is 0 Å². The fraction of sp³-hybridized carbons (Fsp3) is 1.00. The normalized spacial score (nSPS) is 44.7. The first kappa shape index (κ1) is 15.6. The molecule has 8 nitrogen and oxygen atoms in total. The molecule has 0 radical (unpaired) electrons. The summed E-state index contributed by atoms with van der Waals surface area (Å²) in [5, 5.41) is 19.6. The summed E-state index contributed by atoms with van der Waals surface area (Å²) in [7, 11) is -9.05. The van der Waals surface area contributed by atoms with Crippen molar-refractivity contribution >= 4 is 15.2 Å². The predicted octanol–water partition coefficient (Wildman–Crippen LogP) is -0.299. The minimum atomic E-state index is -4.65. The molecule has 6 atom stereocenters. The molecule has 2 fully saturated rings. The standard InChI is InChI=1S/C9H18O8P2/c1-5-6-2-9(6,8(11)7(5)10)3-17-19(15,16)4-18(12,13)14/h5-8,10-11H,2-4H2,1H3,(H,15,16)(H2,12,13,14)/t5-,6-,7?,8?,9+/m1/s1. The number of hydrogen-bond donors (Lipinski definition) is 5. The summed E-state index contributed by atoms with van der Waals surface area (Å²) in [5.74, 6) is -1.36. The van der Waals surface area contributed by atoms with Crippen molar-refractivity contribution in [2.45, 2.75) is 25.6 Å². The van der Waals surface area contributed by atoms with Gasteiger partial charge in [0.25, 0.3) is 0 Å². The van der Waals surface area contributed by atoms with Gasteiger partial charge in [-0.05, 0) is 18.3 Å². The summed E-state index contributed by atoms with van der Waals surface area (Å²) >= 11 is 0. The monoisotopic (exact) mass is 316 g/mol. The Kier molecular flexibility index (Phi) is 3.79. The average molecular weight is 316 g/mol. The molecule has 3 unspecified atom stereocenters. The molecule has 5 N–H and O–H groups in total. The molecule has 19 heavy (non-hydrogen) atoms. The van der Waals surface area contributed by atoms with E-state index in [1.165, 1.54) is 0 Å². The van der Waals surface area contributed by atoms with Crippen LogP contribution in [-0.4, -0.2) is 49.6 Å². The Morgan fingerprint density at radius 1 is 1.26 bits per heavy atom. The molecular formula is C9H18O8P2. The van der Waals surface area contributed by atoms with Crippen molar-refractivity contribution in [3.8, 4) is 0 Å². The number of rotatable bonds is 5. The van der Waals surface area contributed by atoms with E-state index in [4.69, 9.17) is 14.3 Å². The van der Waals surface area contributed by atoms with E-state index in [9.17, 15) is 24.2 Å². The highest BCUT2D eigenvalue weighted by molar-refractivity contribution is 7.70. The summed E-state index contributed by atoms with van der Waals surface area (Å²) in [5.41, 5.74) is -0.758. The molecule has 0 heterocycles. The van der Waals surface area contributed by atoms with Gasteiger partial charge in [0, 0.05) is 5.41 Å². The second-order valence-corrected chi connectivity index (χ2v) is 9.55. The molecule has 0 spiro atoms. The molecule has 2 aliphatic carbocycles. The molecule has 0 saturated heterocycles. The first-order valence-electron chi connectivity index (χ1n) is 5.86. The van der Waals surface area contributed by atoms with Gasteiger partial charge >= 0.3 is 15.2 Å². The zero-order valence-electron chi connectivity index (χ0n) is 10.3. The van der Waals surface area contributed by atoms with Gasteiger partial charge in [-0.2, -0.15) is 0 Å². The van der Waals surface area contributed by atoms with E-state index in [1.807, 2.05) is 0 Å². The van der Waals surface area contributed by atoms with Crippen LogP contribution in [0.15, 0.2) is 0 Å². The fourth-order valence-corrected chi connectivity index (χ4v) is 5.64. The van der Waals surface area contributed by atoms with Gasteiger partial charge in [-0.15, -0.1) is 0 Å². The van der Waals surface area contributed by atoms with Crippen LogP contribution in [0.2, 0.25) is 0 Å². The minimum absolute atomic E-state index is 0.00700. The highest BCUT2D eigenvalue weighted by atomic mass is 31.2. The Morgan fingerprint density at radius 2 is 1.84 bits per heavy atom. The van der Waals surface area contributed by atoms with Crippen molar-refractivity contribution < 1.29 is 38.5 Å². The smallest absolute Gasteiger partial charge is 0.340 e. The lowest BCUT2D eigenvalue weighted by atomic mass is 9.99. The summed E-state index contributed by atoms with van der Waals surface area (Å²) in [6.45, 7) is 1.50. The van der Waals surface area contributed by atoms with E-state index in [-0.39, 0.29) is 18.4 Å². The quantitative estimate of drug-likeness (QED) is 0.435. The van der Waals surface area contributed by atoms with Crippen LogP contribution < -0.4 is 0 Å². The fourth-order valence-electron chi connectivity index (χ4n) is 3.01. The molecule has 0 aromatic carbocycles. The van der Waals surface area contributed by atoms with E-state index >= 15 is 0 Å². The zero-order valence-corrected chi connectivity index (χ0v) is 12.1. The van der Waals surface area contributed by atoms with Crippen molar-refractivity contribution in [3.05, 3.63) is 0 Å². The maximum atomic E-state index is 11.5. The van der Waals surface area contributed by atoms with Crippen LogP contribution in [-0.2, 0) is 13.7 Å².